The van der Waals surface area contributed by atoms with Crippen molar-refractivity contribution in [3.63, 3.8) is 0 Å². The molecule has 0 bridgehead atoms. The zero-order valence-electron chi connectivity index (χ0n) is 10.0. The first kappa shape index (κ1) is 12.2. The predicted octanol–water partition coefficient (Wildman–Crippen LogP) is 2.72. The maximum atomic E-state index is 12.3. The molecule has 1 N–H and O–H groups in total. The van der Waals surface area contributed by atoms with Crippen LogP contribution in [-0.4, -0.2) is 16.0 Å². The number of aromatic nitrogens is 2. The third-order valence-corrected chi connectivity index (χ3v) is 3.15. The van der Waals surface area contributed by atoms with Gasteiger partial charge in [-0.15, -0.1) is 0 Å². The number of benzene rings is 1. The lowest BCUT2D eigenvalue weighted by Gasteiger charge is -2.05. The van der Waals surface area contributed by atoms with E-state index in [4.69, 9.17) is 0 Å². The van der Waals surface area contributed by atoms with E-state index in [0.717, 1.165) is 23.3 Å². The van der Waals surface area contributed by atoms with Crippen molar-refractivity contribution < 1.29 is 13.2 Å². The highest BCUT2D eigenvalue weighted by Gasteiger charge is 2.28. The first-order valence-corrected chi connectivity index (χ1v) is 5.93. The minimum absolute atomic E-state index is 0.707. The monoisotopic (exact) mass is 267 g/mol. The van der Waals surface area contributed by atoms with Gasteiger partial charge in [-0.1, -0.05) is 12.1 Å². The Balaban J connectivity index is 1.86. The Kier molecular flexibility index (Phi) is 2.82. The number of rotatable bonds is 2. The molecule has 0 fully saturated rings. The number of halogens is 3. The van der Waals surface area contributed by atoms with Crippen molar-refractivity contribution >= 4 is 0 Å². The van der Waals surface area contributed by atoms with Gasteiger partial charge in [-0.05, 0) is 22.8 Å². The fraction of sp³-hybridized carbons (Fsp3) is 0.308. The Morgan fingerprint density at radius 3 is 2.74 bits per heavy atom. The molecule has 0 amide bonds. The molecule has 1 aliphatic rings. The SMILES string of the molecule is FC(F)(F)Cn1cc(-c2ccc3c(c2)CNC3)cn1. The Morgan fingerprint density at radius 2 is 1.95 bits per heavy atom. The van der Waals surface area contributed by atoms with Gasteiger partial charge in [0.05, 0.1) is 6.20 Å². The van der Waals surface area contributed by atoms with Gasteiger partial charge in [0.2, 0.25) is 0 Å². The fourth-order valence-corrected chi connectivity index (χ4v) is 2.26. The molecule has 0 aliphatic carbocycles. The summed E-state index contributed by atoms with van der Waals surface area (Å²) in [6.45, 7) is 0.600. The maximum absolute atomic E-state index is 12.3. The van der Waals surface area contributed by atoms with Crippen molar-refractivity contribution in [3.8, 4) is 11.1 Å². The summed E-state index contributed by atoms with van der Waals surface area (Å²) in [5.41, 5.74) is 4.04. The molecule has 0 unspecified atom stereocenters. The summed E-state index contributed by atoms with van der Waals surface area (Å²) in [4.78, 5) is 0. The van der Waals surface area contributed by atoms with Crippen LogP contribution < -0.4 is 5.32 Å². The van der Waals surface area contributed by atoms with Crippen molar-refractivity contribution in [2.24, 2.45) is 0 Å². The van der Waals surface area contributed by atoms with E-state index in [2.05, 4.69) is 10.4 Å². The summed E-state index contributed by atoms with van der Waals surface area (Å²) >= 11 is 0. The number of alkyl halides is 3. The van der Waals surface area contributed by atoms with Crippen molar-refractivity contribution in [1.82, 2.24) is 15.1 Å². The summed E-state index contributed by atoms with van der Waals surface area (Å²) < 4.78 is 37.7. The third kappa shape index (κ3) is 2.63. The number of nitrogens with one attached hydrogen (secondary N) is 1. The van der Waals surface area contributed by atoms with E-state index in [1.54, 1.807) is 0 Å². The molecule has 0 saturated carbocycles. The molecule has 3 nitrogen and oxygen atoms in total. The highest BCUT2D eigenvalue weighted by molar-refractivity contribution is 5.63. The van der Waals surface area contributed by atoms with E-state index in [1.165, 1.54) is 23.5 Å². The van der Waals surface area contributed by atoms with Crippen LogP contribution in [0.25, 0.3) is 11.1 Å². The molecule has 1 aliphatic heterocycles. The average Bonchev–Trinajstić information content (AvgIpc) is 2.93. The Labute approximate surface area is 108 Å². The molecule has 0 radical (unpaired) electrons. The summed E-state index contributed by atoms with van der Waals surface area (Å²) in [5.74, 6) is 0. The van der Waals surface area contributed by atoms with E-state index in [9.17, 15) is 13.2 Å². The molecule has 0 atom stereocenters. The van der Waals surface area contributed by atoms with Crippen LogP contribution in [0.1, 0.15) is 11.1 Å². The topological polar surface area (TPSA) is 29.9 Å². The second-order valence-corrected chi connectivity index (χ2v) is 4.63. The smallest absolute Gasteiger partial charge is 0.309 e. The van der Waals surface area contributed by atoms with Crippen molar-refractivity contribution in [1.29, 1.82) is 0 Å². The highest BCUT2D eigenvalue weighted by Crippen LogP contribution is 2.25. The van der Waals surface area contributed by atoms with Crippen LogP contribution in [0.15, 0.2) is 30.6 Å². The van der Waals surface area contributed by atoms with Gasteiger partial charge in [0, 0.05) is 24.8 Å². The van der Waals surface area contributed by atoms with Gasteiger partial charge in [-0.25, -0.2) is 0 Å². The van der Waals surface area contributed by atoms with Gasteiger partial charge in [0.15, 0.2) is 0 Å². The minimum Gasteiger partial charge on any atom is -0.309 e. The first-order chi connectivity index (χ1) is 9.01. The van der Waals surface area contributed by atoms with Crippen LogP contribution in [0.3, 0.4) is 0 Å². The molecule has 6 heteroatoms. The molecule has 3 rings (SSSR count). The largest absolute Gasteiger partial charge is 0.408 e. The van der Waals surface area contributed by atoms with E-state index < -0.39 is 12.7 Å². The number of fused-ring (bicyclic) bond motifs is 1. The van der Waals surface area contributed by atoms with Gasteiger partial charge < -0.3 is 5.32 Å². The molecule has 2 aromatic rings. The lowest BCUT2D eigenvalue weighted by atomic mass is 10.0. The fourth-order valence-electron chi connectivity index (χ4n) is 2.26. The van der Waals surface area contributed by atoms with Crippen molar-refractivity contribution in [2.75, 3.05) is 0 Å². The molecule has 2 heterocycles. The Hall–Kier alpha value is -1.82. The van der Waals surface area contributed by atoms with Crippen molar-refractivity contribution in [2.45, 2.75) is 25.8 Å². The van der Waals surface area contributed by atoms with E-state index in [0.29, 0.717) is 5.56 Å². The second kappa shape index (κ2) is 4.38. The number of hydrogen-bond acceptors (Lipinski definition) is 2. The summed E-state index contributed by atoms with van der Waals surface area (Å²) in [5, 5.41) is 6.99. The highest BCUT2D eigenvalue weighted by atomic mass is 19.4. The van der Waals surface area contributed by atoms with Gasteiger partial charge in [0.1, 0.15) is 6.54 Å². The van der Waals surface area contributed by atoms with Crippen LogP contribution in [0, 0.1) is 0 Å². The van der Waals surface area contributed by atoms with Crippen LogP contribution >= 0.6 is 0 Å². The summed E-state index contributed by atoms with van der Waals surface area (Å²) in [6, 6.07) is 5.93. The molecular weight excluding hydrogens is 255 g/mol. The quantitative estimate of drug-likeness (QED) is 0.906. The minimum atomic E-state index is -4.24. The van der Waals surface area contributed by atoms with Crippen LogP contribution in [0.4, 0.5) is 13.2 Å². The molecule has 100 valence electrons. The average molecular weight is 267 g/mol. The molecule has 1 aromatic carbocycles. The zero-order chi connectivity index (χ0) is 13.5. The van der Waals surface area contributed by atoms with E-state index in [-0.39, 0.29) is 0 Å². The van der Waals surface area contributed by atoms with E-state index >= 15 is 0 Å². The lowest BCUT2D eigenvalue weighted by molar-refractivity contribution is -0.142. The summed E-state index contributed by atoms with van der Waals surface area (Å²) in [7, 11) is 0. The van der Waals surface area contributed by atoms with Crippen molar-refractivity contribution in [3.05, 3.63) is 41.7 Å². The maximum Gasteiger partial charge on any atom is 0.408 e. The Bertz CT molecular complexity index is 601. The molecular formula is C13H12F3N3. The molecule has 0 spiro atoms. The number of hydrogen-bond donors (Lipinski definition) is 1. The van der Waals surface area contributed by atoms with Crippen LogP contribution in [-0.2, 0) is 19.6 Å². The Morgan fingerprint density at radius 1 is 1.16 bits per heavy atom. The van der Waals surface area contributed by atoms with E-state index in [1.807, 2.05) is 18.2 Å². The van der Waals surface area contributed by atoms with Gasteiger partial charge in [-0.2, -0.15) is 18.3 Å². The van der Waals surface area contributed by atoms with Crippen LogP contribution in [0.2, 0.25) is 0 Å². The number of nitrogens with zero attached hydrogens (tertiary/aromatic N) is 2. The van der Waals surface area contributed by atoms with Gasteiger partial charge in [-0.3, -0.25) is 4.68 Å². The molecule has 0 saturated heterocycles. The second-order valence-electron chi connectivity index (χ2n) is 4.63. The summed E-state index contributed by atoms with van der Waals surface area (Å²) in [6.07, 6.45) is -1.35. The van der Waals surface area contributed by atoms with Gasteiger partial charge in [0.25, 0.3) is 0 Å². The standard InChI is InChI=1S/C13H12F3N3/c14-13(15,16)8-19-7-12(6-18-19)9-1-2-10-4-17-5-11(10)3-9/h1-3,6-7,17H,4-5,8H2. The first-order valence-electron chi connectivity index (χ1n) is 5.93. The predicted molar refractivity (Wildman–Crippen MR) is 64.3 cm³/mol. The van der Waals surface area contributed by atoms with Crippen LogP contribution in [0.5, 0.6) is 0 Å². The third-order valence-electron chi connectivity index (χ3n) is 3.15. The molecule has 19 heavy (non-hydrogen) atoms. The normalized spacial score (nSPS) is 14.7. The van der Waals surface area contributed by atoms with Gasteiger partial charge >= 0.3 is 6.18 Å². The molecule has 1 aromatic heterocycles. The zero-order valence-corrected chi connectivity index (χ0v) is 10.0. The lowest BCUT2D eigenvalue weighted by Crippen LogP contribution is -2.17.